The van der Waals surface area contributed by atoms with Crippen molar-refractivity contribution in [2.75, 3.05) is 11.9 Å². The Morgan fingerprint density at radius 3 is 2.88 bits per heavy atom. The maximum Gasteiger partial charge on any atom is 0.245 e. The van der Waals surface area contributed by atoms with Crippen LogP contribution in [0.5, 0.6) is 0 Å². The SMILES string of the molecule is N#Cc1c(NC(=O)CN2C(=O)[C@H]3CC(Cl)=CC[C@H]3C2=O)sc2c1CCC2. The van der Waals surface area contributed by atoms with Gasteiger partial charge in [-0.1, -0.05) is 17.7 Å². The third kappa shape index (κ3) is 2.74. The molecule has 0 spiro atoms. The number of hydrogen-bond acceptors (Lipinski definition) is 5. The maximum atomic E-state index is 12.5. The van der Waals surface area contributed by atoms with E-state index >= 15 is 0 Å². The Labute approximate surface area is 159 Å². The van der Waals surface area contributed by atoms with Crippen LogP contribution < -0.4 is 5.32 Å². The summed E-state index contributed by atoms with van der Waals surface area (Å²) >= 11 is 7.41. The van der Waals surface area contributed by atoms with Crippen molar-refractivity contribution < 1.29 is 14.4 Å². The van der Waals surface area contributed by atoms with E-state index in [2.05, 4.69) is 11.4 Å². The molecular weight excluding hydrogens is 374 g/mol. The third-order valence-corrected chi connectivity index (χ3v) is 6.76. The van der Waals surface area contributed by atoms with Crippen molar-refractivity contribution in [1.82, 2.24) is 4.90 Å². The number of hydrogen-bond donors (Lipinski definition) is 1. The van der Waals surface area contributed by atoms with Crippen molar-refractivity contribution in [2.45, 2.75) is 32.1 Å². The molecule has 2 heterocycles. The van der Waals surface area contributed by atoms with Crippen molar-refractivity contribution in [3.63, 3.8) is 0 Å². The van der Waals surface area contributed by atoms with Crippen LogP contribution in [0.2, 0.25) is 0 Å². The van der Waals surface area contributed by atoms with Gasteiger partial charge in [-0.3, -0.25) is 19.3 Å². The zero-order chi connectivity index (χ0) is 18.4. The molecule has 26 heavy (non-hydrogen) atoms. The van der Waals surface area contributed by atoms with Gasteiger partial charge in [0.2, 0.25) is 17.7 Å². The van der Waals surface area contributed by atoms with Gasteiger partial charge in [-0.25, -0.2) is 0 Å². The summed E-state index contributed by atoms with van der Waals surface area (Å²) in [7, 11) is 0. The van der Waals surface area contributed by atoms with Crippen LogP contribution in [0.15, 0.2) is 11.1 Å². The van der Waals surface area contributed by atoms with E-state index in [9.17, 15) is 19.6 Å². The first-order chi connectivity index (χ1) is 12.5. The summed E-state index contributed by atoms with van der Waals surface area (Å²) in [5.41, 5.74) is 1.53. The summed E-state index contributed by atoms with van der Waals surface area (Å²) in [6.45, 7) is -0.324. The van der Waals surface area contributed by atoms with Gasteiger partial charge in [0.1, 0.15) is 17.6 Å². The molecule has 0 bridgehead atoms. The minimum Gasteiger partial charge on any atom is -0.315 e. The molecule has 1 aliphatic heterocycles. The van der Waals surface area contributed by atoms with Gasteiger partial charge < -0.3 is 5.32 Å². The molecule has 6 nitrogen and oxygen atoms in total. The van der Waals surface area contributed by atoms with E-state index in [0.717, 1.165) is 34.6 Å². The number of carbonyl (C=O) groups is 3. The lowest BCUT2D eigenvalue weighted by Crippen LogP contribution is -2.38. The molecule has 8 heteroatoms. The predicted molar refractivity (Wildman–Crippen MR) is 96.6 cm³/mol. The van der Waals surface area contributed by atoms with E-state index < -0.39 is 17.7 Å². The summed E-state index contributed by atoms with van der Waals surface area (Å²) in [6, 6.07) is 2.16. The number of nitrogens with zero attached hydrogens (tertiary/aromatic N) is 2. The maximum absolute atomic E-state index is 12.5. The molecule has 1 aromatic heterocycles. The lowest BCUT2D eigenvalue weighted by atomic mass is 9.85. The number of thiophene rings is 1. The first kappa shape index (κ1) is 17.3. The molecule has 4 rings (SSSR count). The van der Waals surface area contributed by atoms with E-state index in [4.69, 9.17) is 11.6 Å². The fraction of sp³-hybridized carbons (Fsp3) is 0.444. The highest BCUT2D eigenvalue weighted by Gasteiger charge is 2.48. The van der Waals surface area contributed by atoms with Crippen molar-refractivity contribution >= 4 is 45.7 Å². The van der Waals surface area contributed by atoms with E-state index in [1.54, 1.807) is 6.08 Å². The second-order valence-corrected chi connectivity index (χ2v) is 8.38. The van der Waals surface area contributed by atoms with Gasteiger partial charge in [0.05, 0.1) is 17.4 Å². The van der Waals surface area contributed by atoms with Crippen LogP contribution in [0.1, 0.15) is 35.3 Å². The van der Waals surface area contributed by atoms with Crippen LogP contribution in [-0.2, 0) is 27.2 Å². The molecule has 1 aromatic rings. The zero-order valence-corrected chi connectivity index (χ0v) is 15.5. The highest BCUT2D eigenvalue weighted by molar-refractivity contribution is 7.16. The minimum absolute atomic E-state index is 0.315. The molecule has 2 aliphatic carbocycles. The normalized spacial score (nSPS) is 24.2. The standard InChI is InChI=1S/C18H16ClN3O3S/c19-9-4-5-11-12(6-9)18(25)22(17(11)24)8-15(23)21-16-13(7-20)10-2-1-3-14(10)26-16/h4,11-12H,1-3,5-6,8H2,(H,21,23)/t11-,12+/m1/s1. The van der Waals surface area contributed by atoms with E-state index in [0.29, 0.717) is 28.4 Å². The van der Waals surface area contributed by atoms with Gasteiger partial charge in [0.15, 0.2) is 0 Å². The van der Waals surface area contributed by atoms with Crippen molar-refractivity contribution in [3.8, 4) is 6.07 Å². The molecular formula is C18H16ClN3O3S. The molecule has 134 valence electrons. The number of aryl methyl sites for hydroxylation is 1. The van der Waals surface area contributed by atoms with Gasteiger partial charge in [-0.2, -0.15) is 5.26 Å². The van der Waals surface area contributed by atoms with Gasteiger partial charge in [0, 0.05) is 9.91 Å². The number of imide groups is 1. The van der Waals surface area contributed by atoms with Crippen LogP contribution in [0, 0.1) is 23.2 Å². The average Bonchev–Trinajstić information content (AvgIpc) is 3.24. The number of likely N-dealkylation sites (tertiary alicyclic amines) is 1. The van der Waals surface area contributed by atoms with E-state index in [1.807, 2.05) is 0 Å². The highest BCUT2D eigenvalue weighted by atomic mass is 35.5. The fourth-order valence-electron chi connectivity index (χ4n) is 3.97. The average molecular weight is 390 g/mol. The Bertz CT molecular complexity index is 898. The number of anilines is 1. The topological polar surface area (TPSA) is 90.3 Å². The third-order valence-electron chi connectivity index (χ3n) is 5.25. The fourth-order valence-corrected chi connectivity index (χ4v) is 5.48. The lowest BCUT2D eigenvalue weighted by Gasteiger charge is -2.17. The number of amides is 3. The van der Waals surface area contributed by atoms with Gasteiger partial charge in [-0.15, -0.1) is 11.3 Å². The summed E-state index contributed by atoms with van der Waals surface area (Å²) in [5.74, 6) is -1.99. The summed E-state index contributed by atoms with van der Waals surface area (Å²) < 4.78 is 0. The molecule has 1 N–H and O–H groups in total. The Morgan fingerprint density at radius 2 is 2.12 bits per heavy atom. The minimum atomic E-state index is -0.465. The van der Waals surface area contributed by atoms with Crippen molar-refractivity contribution in [2.24, 2.45) is 11.8 Å². The van der Waals surface area contributed by atoms with Crippen LogP contribution in [0.4, 0.5) is 5.00 Å². The predicted octanol–water partition coefficient (Wildman–Crippen LogP) is 2.56. The lowest BCUT2D eigenvalue weighted by molar-refractivity contribution is -0.142. The molecule has 0 radical (unpaired) electrons. The summed E-state index contributed by atoms with van der Waals surface area (Å²) in [4.78, 5) is 39.6. The van der Waals surface area contributed by atoms with Crippen LogP contribution in [0.3, 0.4) is 0 Å². The second-order valence-electron chi connectivity index (χ2n) is 6.79. The molecule has 3 aliphatic rings. The number of nitrogens with one attached hydrogen (secondary N) is 1. The summed E-state index contributed by atoms with van der Waals surface area (Å²) in [5, 5.41) is 13.2. The Balaban J connectivity index is 1.47. The first-order valence-electron chi connectivity index (χ1n) is 8.53. The van der Waals surface area contributed by atoms with Crippen LogP contribution in [-0.4, -0.2) is 29.2 Å². The first-order valence-corrected chi connectivity index (χ1v) is 9.73. The molecule has 1 fully saturated rings. The number of rotatable bonds is 3. The zero-order valence-electron chi connectivity index (χ0n) is 13.9. The van der Waals surface area contributed by atoms with Crippen LogP contribution in [0.25, 0.3) is 0 Å². The van der Waals surface area contributed by atoms with E-state index in [-0.39, 0.29) is 18.4 Å². The number of allylic oxidation sites excluding steroid dienone is 2. The van der Waals surface area contributed by atoms with Gasteiger partial charge in [0.25, 0.3) is 0 Å². The molecule has 3 amide bonds. The second kappa shape index (κ2) is 6.53. The van der Waals surface area contributed by atoms with Crippen molar-refractivity contribution in [1.29, 1.82) is 5.26 Å². The molecule has 0 unspecified atom stereocenters. The molecule has 1 saturated heterocycles. The molecule has 0 saturated carbocycles. The number of fused-ring (bicyclic) bond motifs is 2. The molecule has 0 aromatic carbocycles. The quantitative estimate of drug-likeness (QED) is 0.804. The largest absolute Gasteiger partial charge is 0.315 e. The van der Waals surface area contributed by atoms with Crippen LogP contribution >= 0.6 is 22.9 Å². The smallest absolute Gasteiger partial charge is 0.245 e. The number of halogens is 1. The Kier molecular flexibility index (Phi) is 4.33. The van der Waals surface area contributed by atoms with Crippen molar-refractivity contribution in [3.05, 3.63) is 27.1 Å². The number of nitriles is 1. The number of carbonyl (C=O) groups excluding carboxylic acids is 3. The van der Waals surface area contributed by atoms with E-state index in [1.165, 1.54) is 11.3 Å². The Morgan fingerprint density at radius 1 is 1.35 bits per heavy atom. The highest BCUT2D eigenvalue weighted by Crippen LogP contribution is 2.40. The Hall–Kier alpha value is -2.17. The molecule has 2 atom stereocenters. The van der Waals surface area contributed by atoms with Gasteiger partial charge >= 0.3 is 0 Å². The summed E-state index contributed by atoms with van der Waals surface area (Å²) in [6.07, 6.45) is 5.35. The monoisotopic (exact) mass is 389 g/mol. The van der Waals surface area contributed by atoms with Gasteiger partial charge in [-0.05, 0) is 37.7 Å².